The Hall–Kier alpha value is -3.92. The Morgan fingerprint density at radius 3 is 2.39 bits per heavy atom. The lowest BCUT2D eigenvalue weighted by Crippen LogP contribution is -1.82. The molecule has 0 bridgehead atoms. The van der Waals surface area contributed by atoms with Crippen molar-refractivity contribution >= 4 is 23.2 Å². The first-order valence-electron chi connectivity index (χ1n) is 9.18. The lowest BCUT2D eigenvalue weighted by Gasteiger charge is -2.00. The predicted molar refractivity (Wildman–Crippen MR) is 114 cm³/mol. The van der Waals surface area contributed by atoms with E-state index >= 15 is 0 Å². The van der Waals surface area contributed by atoms with Crippen LogP contribution in [0.2, 0.25) is 0 Å². The number of fused-ring (bicyclic) bond motifs is 1. The molecule has 5 rings (SSSR count). The molecule has 4 heteroatoms. The molecule has 0 saturated carbocycles. The van der Waals surface area contributed by atoms with Gasteiger partial charge in [-0.15, -0.1) is 0 Å². The van der Waals surface area contributed by atoms with Gasteiger partial charge in [0.25, 0.3) is 0 Å². The van der Waals surface area contributed by atoms with Crippen molar-refractivity contribution in [3.8, 4) is 22.8 Å². The number of hydrogen-bond acceptors (Lipinski definition) is 2. The highest BCUT2D eigenvalue weighted by Crippen LogP contribution is 2.22. The average Bonchev–Trinajstić information content (AvgIpc) is 3.43. The summed E-state index contributed by atoms with van der Waals surface area (Å²) in [5.41, 5.74) is 6.46. The maximum atomic E-state index is 4.69. The van der Waals surface area contributed by atoms with Gasteiger partial charge >= 0.3 is 0 Å². The summed E-state index contributed by atoms with van der Waals surface area (Å²) in [6.45, 7) is 0. The summed E-state index contributed by atoms with van der Waals surface area (Å²) in [5, 5.41) is 0. The number of nitrogens with zero attached hydrogens (tertiary/aromatic N) is 2. The average molecular weight is 362 g/mol. The van der Waals surface area contributed by atoms with Crippen molar-refractivity contribution in [1.29, 1.82) is 0 Å². The molecule has 0 amide bonds. The first kappa shape index (κ1) is 16.3. The number of H-pyrrole nitrogens is 2. The molecule has 2 heterocycles. The first-order valence-corrected chi connectivity index (χ1v) is 9.18. The van der Waals surface area contributed by atoms with Gasteiger partial charge in [-0.2, -0.15) is 0 Å². The van der Waals surface area contributed by atoms with Crippen LogP contribution in [-0.2, 0) is 0 Å². The lowest BCUT2D eigenvalue weighted by molar-refractivity contribution is 1.31. The van der Waals surface area contributed by atoms with E-state index in [1.807, 2.05) is 30.5 Å². The fraction of sp³-hybridized carbons (Fsp3) is 0. The fourth-order valence-corrected chi connectivity index (χ4v) is 3.25. The monoisotopic (exact) mass is 362 g/mol. The highest BCUT2D eigenvalue weighted by Gasteiger charge is 2.05. The number of para-hydroxylation sites is 2. The Morgan fingerprint density at radius 2 is 1.57 bits per heavy atom. The quantitative estimate of drug-likeness (QED) is 0.398. The molecule has 0 fully saturated rings. The largest absolute Gasteiger partial charge is 0.345 e. The van der Waals surface area contributed by atoms with Crippen LogP contribution in [0, 0.1) is 0 Å². The van der Waals surface area contributed by atoms with Crippen LogP contribution in [-0.4, -0.2) is 19.9 Å². The van der Waals surface area contributed by atoms with E-state index in [0.29, 0.717) is 0 Å². The fourth-order valence-electron chi connectivity index (χ4n) is 3.25. The number of hydrogen-bond donors (Lipinski definition) is 2. The smallest absolute Gasteiger partial charge is 0.138 e. The summed E-state index contributed by atoms with van der Waals surface area (Å²) < 4.78 is 0. The van der Waals surface area contributed by atoms with Crippen molar-refractivity contribution in [2.24, 2.45) is 0 Å². The van der Waals surface area contributed by atoms with Gasteiger partial charge in [0, 0.05) is 23.5 Å². The van der Waals surface area contributed by atoms with Crippen LogP contribution in [0.5, 0.6) is 0 Å². The summed E-state index contributed by atoms with van der Waals surface area (Å²) in [6, 6.07) is 24.8. The van der Waals surface area contributed by atoms with E-state index in [-0.39, 0.29) is 0 Å². The van der Waals surface area contributed by atoms with E-state index in [4.69, 9.17) is 0 Å². The normalized spacial score (nSPS) is 11.4. The predicted octanol–water partition coefficient (Wildman–Crippen LogP) is 5.79. The zero-order valence-corrected chi connectivity index (χ0v) is 15.1. The molecule has 28 heavy (non-hydrogen) atoms. The Labute approximate surface area is 162 Å². The molecule has 2 N–H and O–H groups in total. The molecule has 0 atom stereocenters. The van der Waals surface area contributed by atoms with Crippen LogP contribution in [0.1, 0.15) is 11.1 Å². The van der Waals surface area contributed by atoms with Gasteiger partial charge in [0.15, 0.2) is 0 Å². The second-order valence-corrected chi connectivity index (χ2v) is 6.62. The van der Waals surface area contributed by atoms with Gasteiger partial charge in [0.05, 0.1) is 11.0 Å². The third-order valence-electron chi connectivity index (χ3n) is 4.70. The van der Waals surface area contributed by atoms with E-state index in [1.165, 1.54) is 0 Å². The standard InChI is InChI=1S/C24H18N4/c1-2-7-22-21(6-1)27-24(28-22)20-5-3-4-18(16-20)9-8-17-10-12-19(13-11-17)23-25-14-15-26-23/h1-16H,(H,25,26)(H,27,28). The van der Waals surface area contributed by atoms with Crippen molar-refractivity contribution in [2.45, 2.75) is 0 Å². The topological polar surface area (TPSA) is 57.4 Å². The van der Waals surface area contributed by atoms with Crippen molar-refractivity contribution < 1.29 is 0 Å². The van der Waals surface area contributed by atoms with Crippen LogP contribution < -0.4 is 0 Å². The van der Waals surface area contributed by atoms with Gasteiger partial charge in [-0.05, 0) is 29.3 Å². The van der Waals surface area contributed by atoms with Crippen LogP contribution in [0.4, 0.5) is 0 Å². The molecule has 0 saturated heterocycles. The molecule has 3 aromatic carbocycles. The molecule has 4 nitrogen and oxygen atoms in total. The van der Waals surface area contributed by atoms with Crippen molar-refractivity contribution in [2.75, 3.05) is 0 Å². The molecule has 0 aliphatic rings. The molecule has 0 aliphatic carbocycles. The second kappa shape index (κ2) is 7.00. The van der Waals surface area contributed by atoms with Gasteiger partial charge in [0.2, 0.25) is 0 Å². The summed E-state index contributed by atoms with van der Waals surface area (Å²) in [4.78, 5) is 15.5. The third kappa shape index (κ3) is 3.23. The number of rotatable bonds is 4. The zero-order chi connectivity index (χ0) is 18.8. The minimum absolute atomic E-state index is 0.883. The Bertz CT molecular complexity index is 1210. The molecular formula is C24H18N4. The van der Waals surface area contributed by atoms with E-state index in [1.54, 1.807) is 6.20 Å². The summed E-state index contributed by atoms with van der Waals surface area (Å²) in [6.07, 6.45) is 7.83. The van der Waals surface area contributed by atoms with Crippen LogP contribution in [0.15, 0.2) is 85.2 Å². The summed E-state index contributed by atoms with van der Waals surface area (Å²) >= 11 is 0. The SMILES string of the molecule is C(=Cc1cccc(-c2nc3ccccc3[nH]2)c1)c1ccc(-c2ncc[nH]2)cc1. The highest BCUT2D eigenvalue weighted by atomic mass is 14.9. The maximum Gasteiger partial charge on any atom is 0.138 e. The molecule has 0 aliphatic heterocycles. The highest BCUT2D eigenvalue weighted by molar-refractivity contribution is 5.80. The van der Waals surface area contributed by atoms with E-state index in [2.05, 4.69) is 80.6 Å². The van der Waals surface area contributed by atoms with Crippen LogP contribution in [0.25, 0.3) is 46.0 Å². The molecule has 5 aromatic rings. The molecule has 2 aromatic heterocycles. The minimum atomic E-state index is 0.883. The van der Waals surface area contributed by atoms with Gasteiger partial charge in [-0.25, -0.2) is 9.97 Å². The van der Waals surface area contributed by atoms with E-state index in [9.17, 15) is 0 Å². The number of aromatic amines is 2. The van der Waals surface area contributed by atoms with E-state index < -0.39 is 0 Å². The molecule has 0 radical (unpaired) electrons. The van der Waals surface area contributed by atoms with Crippen LogP contribution >= 0.6 is 0 Å². The van der Waals surface area contributed by atoms with Crippen LogP contribution in [0.3, 0.4) is 0 Å². The van der Waals surface area contributed by atoms with Gasteiger partial charge in [-0.1, -0.05) is 66.7 Å². The van der Waals surface area contributed by atoms with Crippen molar-refractivity contribution in [3.05, 3.63) is 96.3 Å². The number of aromatic nitrogens is 4. The van der Waals surface area contributed by atoms with Crippen molar-refractivity contribution in [1.82, 2.24) is 19.9 Å². The van der Waals surface area contributed by atoms with Gasteiger partial charge < -0.3 is 9.97 Å². The molecular weight excluding hydrogens is 344 g/mol. The number of imidazole rings is 2. The van der Waals surface area contributed by atoms with E-state index in [0.717, 1.165) is 44.9 Å². The molecule has 134 valence electrons. The van der Waals surface area contributed by atoms with Gasteiger partial charge in [-0.3, -0.25) is 0 Å². The Balaban J connectivity index is 1.39. The number of nitrogens with one attached hydrogen (secondary N) is 2. The Kier molecular flexibility index (Phi) is 4.07. The maximum absolute atomic E-state index is 4.69. The number of benzene rings is 3. The minimum Gasteiger partial charge on any atom is -0.345 e. The summed E-state index contributed by atoms with van der Waals surface area (Å²) in [5.74, 6) is 1.77. The zero-order valence-electron chi connectivity index (χ0n) is 15.1. The Morgan fingerprint density at radius 1 is 0.714 bits per heavy atom. The first-order chi connectivity index (χ1) is 13.8. The van der Waals surface area contributed by atoms with Gasteiger partial charge in [0.1, 0.15) is 11.6 Å². The lowest BCUT2D eigenvalue weighted by atomic mass is 10.1. The second-order valence-electron chi connectivity index (χ2n) is 6.62. The third-order valence-corrected chi connectivity index (χ3v) is 4.70. The summed E-state index contributed by atoms with van der Waals surface area (Å²) in [7, 11) is 0. The molecule has 0 unspecified atom stereocenters. The van der Waals surface area contributed by atoms with Crippen molar-refractivity contribution in [3.63, 3.8) is 0 Å². The molecule has 0 spiro atoms.